The second kappa shape index (κ2) is 12.6. The summed E-state index contributed by atoms with van der Waals surface area (Å²) in [6, 6.07) is 65.0. The maximum Gasteiger partial charge on any atom is 0.0541 e. The monoisotopic (exact) mass is 702 g/mol. The third-order valence-electron chi connectivity index (χ3n) is 11.6. The quantitative estimate of drug-likeness (QED) is 0.169. The van der Waals surface area contributed by atoms with Crippen LogP contribution >= 0.6 is 0 Å². The Bertz CT molecular complexity index is 3140. The minimum atomic E-state index is 1.10. The molecule has 0 spiro atoms. The fraction of sp³-hybridized carbons (Fsp3) is 0.0566. The van der Waals surface area contributed by atoms with E-state index in [1.807, 2.05) is 0 Å². The molecule has 0 saturated carbocycles. The summed E-state index contributed by atoms with van der Waals surface area (Å²) in [7, 11) is 0. The molecular formula is C53H38N2. The van der Waals surface area contributed by atoms with Gasteiger partial charge in [0.25, 0.3) is 0 Å². The van der Waals surface area contributed by atoms with E-state index in [-0.39, 0.29) is 0 Å². The predicted octanol–water partition coefficient (Wildman–Crippen LogP) is 14.1. The third kappa shape index (κ3) is 5.17. The second-order valence-corrected chi connectivity index (χ2v) is 15.0. The summed E-state index contributed by atoms with van der Waals surface area (Å²) in [4.78, 5) is 0. The topological polar surface area (TPSA) is 9.86 Å². The number of aromatic nitrogens is 2. The van der Waals surface area contributed by atoms with Crippen molar-refractivity contribution in [3.05, 3.63) is 199 Å². The lowest BCUT2D eigenvalue weighted by Gasteiger charge is -2.17. The standard InChI is InChI=1S/C53H38N2/c1-35-30-41(45-19-11-15-38-14-5-6-16-44(38)45)32-43(31-35)55-51-21-10-8-18-47(51)49-34-40(25-29-53(49)55)39-24-28-52-48(33-39)46-17-7-9-20-50(46)54(52)42-26-22-37(23-27-42)36-12-3-2-4-13-36/h2-4,6-13,15-34H,5,14H2,1H3. The van der Waals surface area contributed by atoms with E-state index < -0.39 is 0 Å². The molecule has 1 aliphatic rings. The van der Waals surface area contributed by atoms with Crippen LogP contribution in [-0.4, -0.2) is 9.13 Å². The minimum Gasteiger partial charge on any atom is -0.309 e. The Balaban J connectivity index is 1.04. The van der Waals surface area contributed by atoms with Gasteiger partial charge in [-0.15, -0.1) is 0 Å². The van der Waals surface area contributed by atoms with Gasteiger partial charge in [0, 0.05) is 32.9 Å². The van der Waals surface area contributed by atoms with Crippen LogP contribution < -0.4 is 0 Å². The van der Waals surface area contributed by atoms with Crippen molar-refractivity contribution in [2.75, 3.05) is 0 Å². The highest BCUT2D eigenvalue weighted by molar-refractivity contribution is 6.12. The average molecular weight is 703 g/mol. The van der Waals surface area contributed by atoms with Crippen LogP contribution in [0.4, 0.5) is 0 Å². The molecule has 0 unspecified atom stereocenters. The molecule has 2 heteroatoms. The number of rotatable bonds is 5. The number of hydrogen-bond donors (Lipinski definition) is 0. The Hall–Kier alpha value is -6.90. The van der Waals surface area contributed by atoms with E-state index in [1.54, 1.807) is 0 Å². The summed E-state index contributed by atoms with van der Waals surface area (Å²) in [5.74, 6) is 0. The molecule has 0 fully saturated rings. The SMILES string of the molecule is Cc1cc(-c2cccc3c2C=CCC3)cc(-n2c3ccccc3c3cc(-c4ccc5c(c4)c4ccccc4n5-c4ccc(-c5ccccc5)cc4)ccc32)c1. The zero-order valence-electron chi connectivity index (χ0n) is 30.7. The van der Waals surface area contributed by atoms with Gasteiger partial charge in [-0.25, -0.2) is 0 Å². The molecule has 0 aliphatic heterocycles. The summed E-state index contributed by atoms with van der Waals surface area (Å²) in [5, 5.41) is 5.04. The summed E-state index contributed by atoms with van der Waals surface area (Å²) in [5.41, 5.74) is 18.7. The summed E-state index contributed by atoms with van der Waals surface area (Å²) < 4.78 is 4.85. The highest BCUT2D eigenvalue weighted by atomic mass is 15.0. The van der Waals surface area contributed by atoms with E-state index in [0.29, 0.717) is 0 Å². The molecule has 8 aromatic carbocycles. The summed E-state index contributed by atoms with van der Waals surface area (Å²) >= 11 is 0. The minimum absolute atomic E-state index is 1.10. The van der Waals surface area contributed by atoms with Crippen LogP contribution in [0.15, 0.2) is 182 Å². The lowest BCUT2D eigenvalue weighted by molar-refractivity contribution is 0.986. The van der Waals surface area contributed by atoms with Crippen LogP contribution in [-0.2, 0) is 6.42 Å². The molecule has 0 saturated heterocycles. The van der Waals surface area contributed by atoms with E-state index in [4.69, 9.17) is 0 Å². The van der Waals surface area contributed by atoms with Crippen molar-refractivity contribution in [3.8, 4) is 44.8 Å². The van der Waals surface area contributed by atoms with Gasteiger partial charge in [0.15, 0.2) is 0 Å². The second-order valence-electron chi connectivity index (χ2n) is 15.0. The first-order valence-corrected chi connectivity index (χ1v) is 19.3. The zero-order chi connectivity index (χ0) is 36.5. The van der Waals surface area contributed by atoms with Gasteiger partial charge in [-0.3, -0.25) is 0 Å². The first-order valence-electron chi connectivity index (χ1n) is 19.3. The molecule has 2 heterocycles. The van der Waals surface area contributed by atoms with E-state index in [2.05, 4.69) is 204 Å². The zero-order valence-corrected chi connectivity index (χ0v) is 30.7. The molecular weight excluding hydrogens is 665 g/mol. The molecule has 2 aromatic heterocycles. The maximum atomic E-state index is 2.45. The van der Waals surface area contributed by atoms with Crippen molar-refractivity contribution in [2.45, 2.75) is 19.8 Å². The molecule has 2 nitrogen and oxygen atoms in total. The van der Waals surface area contributed by atoms with Gasteiger partial charge in [0.2, 0.25) is 0 Å². The fourth-order valence-electron chi connectivity index (χ4n) is 9.06. The summed E-state index contributed by atoms with van der Waals surface area (Å²) in [6.45, 7) is 2.22. The van der Waals surface area contributed by atoms with E-state index in [0.717, 1.165) is 18.5 Å². The number of fused-ring (bicyclic) bond motifs is 7. The number of aryl methyl sites for hydroxylation is 2. The van der Waals surface area contributed by atoms with Crippen molar-refractivity contribution in [1.29, 1.82) is 0 Å². The van der Waals surface area contributed by atoms with Crippen LogP contribution in [0.25, 0.3) is 94.4 Å². The normalized spacial score (nSPS) is 12.6. The van der Waals surface area contributed by atoms with Crippen molar-refractivity contribution in [1.82, 2.24) is 9.13 Å². The smallest absolute Gasteiger partial charge is 0.0541 e. The number of nitrogens with zero attached hydrogens (tertiary/aromatic N) is 2. The van der Waals surface area contributed by atoms with Crippen molar-refractivity contribution in [2.24, 2.45) is 0 Å². The Morgan fingerprint density at radius 3 is 1.67 bits per heavy atom. The van der Waals surface area contributed by atoms with Gasteiger partial charge in [-0.1, -0.05) is 127 Å². The third-order valence-corrected chi connectivity index (χ3v) is 11.6. The maximum absolute atomic E-state index is 2.45. The lowest BCUT2D eigenvalue weighted by atomic mass is 9.89. The first-order chi connectivity index (χ1) is 27.2. The Morgan fingerprint density at radius 2 is 0.982 bits per heavy atom. The van der Waals surface area contributed by atoms with Gasteiger partial charge < -0.3 is 9.13 Å². The molecule has 0 amide bonds. The molecule has 0 bridgehead atoms. The van der Waals surface area contributed by atoms with Crippen molar-refractivity contribution < 1.29 is 0 Å². The van der Waals surface area contributed by atoms with E-state index in [1.165, 1.54) is 99.4 Å². The Kier molecular flexibility index (Phi) is 7.25. The molecule has 10 aromatic rings. The van der Waals surface area contributed by atoms with Crippen LogP contribution in [0, 0.1) is 6.92 Å². The highest BCUT2D eigenvalue weighted by Gasteiger charge is 2.18. The van der Waals surface area contributed by atoms with Gasteiger partial charge in [0.05, 0.1) is 22.1 Å². The first kappa shape index (κ1) is 31.6. The van der Waals surface area contributed by atoms with Crippen LogP contribution in [0.3, 0.4) is 0 Å². The van der Waals surface area contributed by atoms with E-state index in [9.17, 15) is 0 Å². The molecule has 0 radical (unpaired) electrons. The highest BCUT2D eigenvalue weighted by Crippen LogP contribution is 2.40. The van der Waals surface area contributed by atoms with Gasteiger partial charge in [-0.05, 0) is 131 Å². The van der Waals surface area contributed by atoms with Gasteiger partial charge in [0.1, 0.15) is 0 Å². The molecule has 260 valence electrons. The number of hydrogen-bond acceptors (Lipinski definition) is 0. The van der Waals surface area contributed by atoms with Gasteiger partial charge >= 0.3 is 0 Å². The van der Waals surface area contributed by atoms with Crippen molar-refractivity contribution in [3.63, 3.8) is 0 Å². The molecule has 11 rings (SSSR count). The van der Waals surface area contributed by atoms with E-state index >= 15 is 0 Å². The van der Waals surface area contributed by atoms with Crippen LogP contribution in [0.2, 0.25) is 0 Å². The van der Waals surface area contributed by atoms with Crippen LogP contribution in [0.1, 0.15) is 23.1 Å². The number of benzene rings is 8. The predicted molar refractivity (Wildman–Crippen MR) is 234 cm³/mol. The summed E-state index contributed by atoms with van der Waals surface area (Å²) in [6.07, 6.45) is 6.84. The lowest BCUT2D eigenvalue weighted by Crippen LogP contribution is -1.99. The number of allylic oxidation sites excluding steroid dienone is 1. The largest absolute Gasteiger partial charge is 0.309 e. The van der Waals surface area contributed by atoms with Gasteiger partial charge in [-0.2, -0.15) is 0 Å². The Labute approximate surface area is 320 Å². The molecule has 0 N–H and O–H groups in total. The van der Waals surface area contributed by atoms with Crippen molar-refractivity contribution >= 4 is 49.7 Å². The molecule has 1 aliphatic carbocycles. The molecule has 55 heavy (non-hydrogen) atoms. The fourth-order valence-corrected chi connectivity index (χ4v) is 9.06. The van der Waals surface area contributed by atoms with Crippen LogP contribution in [0.5, 0.6) is 0 Å². The molecule has 0 atom stereocenters. The Morgan fingerprint density at radius 1 is 0.400 bits per heavy atom. The average Bonchev–Trinajstić information content (AvgIpc) is 3.76. The number of para-hydroxylation sites is 2.